The summed E-state index contributed by atoms with van der Waals surface area (Å²) in [6, 6.07) is 10.2. The smallest absolute Gasteiger partial charge is 0.0901 e. The van der Waals surface area contributed by atoms with Gasteiger partial charge in [0.15, 0.2) is 0 Å². The van der Waals surface area contributed by atoms with Gasteiger partial charge in [0.05, 0.1) is 11.7 Å². The molecule has 16 heavy (non-hydrogen) atoms. The van der Waals surface area contributed by atoms with Crippen LogP contribution in [-0.4, -0.2) is 16.3 Å². The predicted molar refractivity (Wildman–Crippen MR) is 68.3 cm³/mol. The minimum Gasteiger partial charge on any atom is -0.328 e. The van der Waals surface area contributed by atoms with Gasteiger partial charge in [-0.1, -0.05) is 34.1 Å². The van der Waals surface area contributed by atoms with Crippen LogP contribution in [0.3, 0.4) is 0 Å². The molecule has 4 heteroatoms. The highest BCUT2D eigenvalue weighted by atomic mass is 79.9. The lowest BCUT2D eigenvalue weighted by Gasteiger charge is -2.17. The average Bonchev–Trinajstić information content (AvgIpc) is 2.69. The summed E-state index contributed by atoms with van der Waals surface area (Å²) in [4.78, 5) is 0. The van der Waals surface area contributed by atoms with Crippen LogP contribution in [0.2, 0.25) is 0 Å². The maximum absolute atomic E-state index is 5.83. The Labute approximate surface area is 103 Å². The third-order valence-electron chi connectivity index (χ3n) is 2.55. The standard InChI is InChI=1S/C12H14BrN3/c1-9-6-7-16(15-9)12(8-14)10-4-2-3-5-11(10)13/h2-7,12H,8,14H2,1H3. The van der Waals surface area contributed by atoms with Gasteiger partial charge in [-0.25, -0.2) is 0 Å². The zero-order valence-corrected chi connectivity index (χ0v) is 10.7. The van der Waals surface area contributed by atoms with Crippen LogP contribution in [0.1, 0.15) is 17.3 Å². The summed E-state index contributed by atoms with van der Waals surface area (Å²) in [6.45, 7) is 2.51. The van der Waals surface area contributed by atoms with E-state index in [2.05, 4.69) is 27.1 Å². The summed E-state index contributed by atoms with van der Waals surface area (Å²) in [7, 11) is 0. The van der Waals surface area contributed by atoms with E-state index in [9.17, 15) is 0 Å². The van der Waals surface area contributed by atoms with Crippen molar-refractivity contribution >= 4 is 15.9 Å². The molecular weight excluding hydrogens is 266 g/mol. The van der Waals surface area contributed by atoms with Gasteiger partial charge in [-0.05, 0) is 24.6 Å². The molecule has 0 spiro atoms. The maximum Gasteiger partial charge on any atom is 0.0901 e. The van der Waals surface area contributed by atoms with Crippen LogP contribution >= 0.6 is 15.9 Å². The number of aromatic nitrogens is 2. The van der Waals surface area contributed by atoms with Crippen molar-refractivity contribution < 1.29 is 0 Å². The van der Waals surface area contributed by atoms with Crippen LogP contribution in [0.25, 0.3) is 0 Å². The second-order valence-electron chi connectivity index (χ2n) is 3.71. The first-order chi connectivity index (χ1) is 7.72. The van der Waals surface area contributed by atoms with Gasteiger partial charge in [-0.15, -0.1) is 0 Å². The fraction of sp³-hybridized carbons (Fsp3) is 0.250. The molecule has 0 aliphatic rings. The van der Waals surface area contributed by atoms with Crippen LogP contribution < -0.4 is 5.73 Å². The molecule has 0 saturated carbocycles. The number of hydrogen-bond acceptors (Lipinski definition) is 2. The molecule has 2 aromatic rings. The molecule has 1 aromatic carbocycles. The van der Waals surface area contributed by atoms with Crippen molar-refractivity contribution in [3.63, 3.8) is 0 Å². The molecule has 3 nitrogen and oxygen atoms in total. The molecule has 0 aliphatic carbocycles. The summed E-state index contributed by atoms with van der Waals surface area (Å²) in [5, 5.41) is 4.42. The minimum absolute atomic E-state index is 0.0873. The van der Waals surface area contributed by atoms with Crippen molar-refractivity contribution in [1.29, 1.82) is 0 Å². The molecule has 84 valence electrons. The first-order valence-electron chi connectivity index (χ1n) is 5.18. The van der Waals surface area contributed by atoms with Crippen LogP contribution in [0.5, 0.6) is 0 Å². The van der Waals surface area contributed by atoms with Crippen molar-refractivity contribution in [3.05, 3.63) is 52.3 Å². The third-order valence-corrected chi connectivity index (χ3v) is 3.27. The van der Waals surface area contributed by atoms with Crippen LogP contribution in [0.4, 0.5) is 0 Å². The SMILES string of the molecule is Cc1ccn(C(CN)c2ccccc2Br)n1. The molecule has 0 fully saturated rings. The van der Waals surface area contributed by atoms with Crippen molar-refractivity contribution in [1.82, 2.24) is 9.78 Å². The number of benzene rings is 1. The number of nitrogens with zero attached hydrogens (tertiary/aromatic N) is 2. The Kier molecular flexibility index (Phi) is 3.41. The number of aryl methyl sites for hydroxylation is 1. The molecule has 1 heterocycles. The van der Waals surface area contributed by atoms with E-state index < -0.39 is 0 Å². The van der Waals surface area contributed by atoms with Gasteiger partial charge in [-0.3, -0.25) is 4.68 Å². The van der Waals surface area contributed by atoms with Crippen molar-refractivity contribution in [2.45, 2.75) is 13.0 Å². The largest absolute Gasteiger partial charge is 0.328 e. The van der Waals surface area contributed by atoms with Gasteiger partial charge >= 0.3 is 0 Å². The average molecular weight is 280 g/mol. The van der Waals surface area contributed by atoms with E-state index in [1.165, 1.54) is 0 Å². The van der Waals surface area contributed by atoms with E-state index in [0.717, 1.165) is 15.7 Å². The van der Waals surface area contributed by atoms with Crippen LogP contribution in [0, 0.1) is 6.92 Å². The molecule has 0 aliphatic heterocycles. The second kappa shape index (κ2) is 4.80. The normalized spacial score (nSPS) is 12.7. The fourth-order valence-electron chi connectivity index (χ4n) is 1.73. The Hall–Kier alpha value is -1.13. The highest BCUT2D eigenvalue weighted by molar-refractivity contribution is 9.10. The molecule has 2 N–H and O–H groups in total. The van der Waals surface area contributed by atoms with Gasteiger partial charge in [0.2, 0.25) is 0 Å². The molecular formula is C12H14BrN3. The molecule has 0 amide bonds. The van der Waals surface area contributed by atoms with Crippen molar-refractivity contribution in [2.24, 2.45) is 5.73 Å². The lowest BCUT2D eigenvalue weighted by molar-refractivity contribution is 0.527. The molecule has 0 saturated heterocycles. The van der Waals surface area contributed by atoms with E-state index in [-0.39, 0.29) is 6.04 Å². The highest BCUT2D eigenvalue weighted by Crippen LogP contribution is 2.25. The minimum atomic E-state index is 0.0873. The number of rotatable bonds is 3. The van der Waals surface area contributed by atoms with E-state index >= 15 is 0 Å². The molecule has 1 aromatic heterocycles. The lowest BCUT2D eigenvalue weighted by atomic mass is 10.1. The van der Waals surface area contributed by atoms with E-state index in [1.807, 2.05) is 42.1 Å². The summed E-state index contributed by atoms with van der Waals surface area (Å²) in [5.41, 5.74) is 8.00. The fourth-order valence-corrected chi connectivity index (χ4v) is 2.28. The number of nitrogens with two attached hydrogens (primary N) is 1. The third kappa shape index (κ3) is 2.18. The Morgan fingerprint density at radius 2 is 2.12 bits per heavy atom. The monoisotopic (exact) mass is 279 g/mol. The molecule has 0 radical (unpaired) electrons. The van der Waals surface area contributed by atoms with Crippen molar-refractivity contribution in [3.8, 4) is 0 Å². The van der Waals surface area contributed by atoms with Gasteiger partial charge in [-0.2, -0.15) is 5.10 Å². The summed E-state index contributed by atoms with van der Waals surface area (Å²) >= 11 is 3.55. The maximum atomic E-state index is 5.83. The highest BCUT2D eigenvalue weighted by Gasteiger charge is 2.14. The quantitative estimate of drug-likeness (QED) is 0.938. The van der Waals surface area contributed by atoms with Gasteiger partial charge in [0.25, 0.3) is 0 Å². The van der Waals surface area contributed by atoms with E-state index in [0.29, 0.717) is 6.54 Å². The van der Waals surface area contributed by atoms with Crippen molar-refractivity contribution in [2.75, 3.05) is 6.54 Å². The lowest BCUT2D eigenvalue weighted by Crippen LogP contribution is -2.21. The Bertz CT molecular complexity index is 479. The van der Waals surface area contributed by atoms with Crippen LogP contribution in [0.15, 0.2) is 41.0 Å². The van der Waals surface area contributed by atoms with E-state index in [4.69, 9.17) is 5.73 Å². The summed E-state index contributed by atoms with van der Waals surface area (Å²) in [5.74, 6) is 0. The zero-order valence-electron chi connectivity index (χ0n) is 9.10. The summed E-state index contributed by atoms with van der Waals surface area (Å²) in [6.07, 6.45) is 1.96. The van der Waals surface area contributed by atoms with Gasteiger partial charge in [0, 0.05) is 17.2 Å². The molecule has 0 bridgehead atoms. The Morgan fingerprint density at radius 1 is 1.38 bits per heavy atom. The zero-order chi connectivity index (χ0) is 11.5. The second-order valence-corrected chi connectivity index (χ2v) is 4.56. The summed E-state index contributed by atoms with van der Waals surface area (Å²) < 4.78 is 2.98. The van der Waals surface area contributed by atoms with Crippen LogP contribution in [-0.2, 0) is 0 Å². The van der Waals surface area contributed by atoms with Gasteiger partial charge < -0.3 is 5.73 Å². The Morgan fingerprint density at radius 3 is 2.69 bits per heavy atom. The first-order valence-corrected chi connectivity index (χ1v) is 5.98. The predicted octanol–water partition coefficient (Wildman–Crippen LogP) is 2.50. The van der Waals surface area contributed by atoms with E-state index in [1.54, 1.807) is 0 Å². The molecule has 1 unspecified atom stereocenters. The topological polar surface area (TPSA) is 43.8 Å². The number of hydrogen-bond donors (Lipinski definition) is 1. The van der Waals surface area contributed by atoms with Gasteiger partial charge in [0.1, 0.15) is 0 Å². The number of halogens is 1. The molecule has 2 rings (SSSR count). The Balaban J connectivity index is 2.40. The first kappa shape index (κ1) is 11.4. The molecule has 1 atom stereocenters.